The molecule has 1 fully saturated rings. The van der Waals surface area contributed by atoms with E-state index in [-0.39, 0.29) is 26.4 Å². The van der Waals surface area contributed by atoms with Crippen molar-refractivity contribution in [2.24, 2.45) is 5.14 Å². The summed E-state index contributed by atoms with van der Waals surface area (Å²) in [5.74, 6) is -1.02. The van der Waals surface area contributed by atoms with Gasteiger partial charge in [-0.3, -0.25) is 14.5 Å². The number of carbonyl (C=O) groups excluding carboxylic acids is 2. The second-order valence-corrected chi connectivity index (χ2v) is 11.2. The SMILES string of the molecule is NS(=O)(=O)c1ccc(NC(=O)CN2C(=O)/C(=C/c3cc(Br)cc(Br)c3O)SC2=S)cc1. The van der Waals surface area contributed by atoms with Gasteiger partial charge in [-0.25, -0.2) is 13.6 Å². The van der Waals surface area contributed by atoms with Crippen LogP contribution in [0.5, 0.6) is 5.75 Å². The smallest absolute Gasteiger partial charge is 0.266 e. The van der Waals surface area contributed by atoms with Crippen molar-refractivity contribution in [2.45, 2.75) is 4.90 Å². The molecular weight excluding hydrogens is 594 g/mol. The van der Waals surface area contributed by atoms with Gasteiger partial charge >= 0.3 is 0 Å². The van der Waals surface area contributed by atoms with Crippen molar-refractivity contribution in [3.63, 3.8) is 0 Å². The summed E-state index contributed by atoms with van der Waals surface area (Å²) in [6, 6.07) is 8.60. The van der Waals surface area contributed by atoms with Gasteiger partial charge in [0.15, 0.2) is 0 Å². The predicted molar refractivity (Wildman–Crippen MR) is 130 cm³/mol. The van der Waals surface area contributed by atoms with Crippen molar-refractivity contribution in [2.75, 3.05) is 11.9 Å². The summed E-state index contributed by atoms with van der Waals surface area (Å²) in [5, 5.41) is 17.8. The van der Waals surface area contributed by atoms with Crippen LogP contribution in [-0.2, 0) is 19.6 Å². The van der Waals surface area contributed by atoms with Crippen LogP contribution in [0.3, 0.4) is 0 Å². The Hall–Kier alpha value is -1.77. The summed E-state index contributed by atoms with van der Waals surface area (Å²) in [4.78, 5) is 26.4. The highest BCUT2D eigenvalue weighted by atomic mass is 79.9. The number of anilines is 1. The number of aromatic hydroxyl groups is 1. The summed E-state index contributed by atoms with van der Waals surface area (Å²) in [7, 11) is -3.84. The second-order valence-electron chi connectivity index (χ2n) is 6.21. The number of sulfonamides is 1. The molecule has 2 aromatic rings. The lowest BCUT2D eigenvalue weighted by atomic mass is 10.2. The van der Waals surface area contributed by atoms with Gasteiger partial charge in [0, 0.05) is 15.7 Å². The van der Waals surface area contributed by atoms with Crippen molar-refractivity contribution < 1.29 is 23.1 Å². The number of primary sulfonamides is 1. The van der Waals surface area contributed by atoms with Crippen LogP contribution in [0.2, 0.25) is 0 Å². The number of carbonyl (C=O) groups is 2. The number of nitrogens with zero attached hydrogens (tertiary/aromatic N) is 1. The molecule has 13 heteroatoms. The summed E-state index contributed by atoms with van der Waals surface area (Å²) in [6.07, 6.45) is 1.49. The molecule has 1 heterocycles. The highest BCUT2D eigenvalue weighted by molar-refractivity contribution is 9.11. The zero-order valence-electron chi connectivity index (χ0n) is 15.3. The minimum Gasteiger partial charge on any atom is -0.506 e. The molecule has 0 spiro atoms. The molecule has 4 N–H and O–H groups in total. The van der Waals surface area contributed by atoms with E-state index >= 15 is 0 Å². The van der Waals surface area contributed by atoms with E-state index in [0.29, 0.717) is 20.2 Å². The van der Waals surface area contributed by atoms with Gasteiger partial charge in [0.1, 0.15) is 16.6 Å². The number of phenolic OH excluding ortho intramolecular Hbond substituents is 1. The first-order valence-corrected chi connectivity index (χ1v) is 12.7. The molecule has 0 saturated carbocycles. The molecule has 1 aliphatic heterocycles. The van der Waals surface area contributed by atoms with Crippen molar-refractivity contribution in [3.8, 4) is 5.75 Å². The van der Waals surface area contributed by atoms with E-state index in [1.165, 1.54) is 30.3 Å². The molecule has 0 unspecified atom stereocenters. The van der Waals surface area contributed by atoms with Crippen LogP contribution in [0.15, 0.2) is 55.1 Å². The van der Waals surface area contributed by atoms with Crippen LogP contribution in [0.1, 0.15) is 5.56 Å². The Bertz CT molecular complexity index is 1230. The minimum atomic E-state index is -3.84. The number of nitrogens with two attached hydrogens (primary N) is 1. The first-order chi connectivity index (χ1) is 14.5. The van der Waals surface area contributed by atoms with E-state index in [2.05, 4.69) is 37.2 Å². The number of amides is 2. The molecule has 0 aliphatic carbocycles. The normalized spacial score (nSPS) is 15.6. The van der Waals surface area contributed by atoms with Crippen LogP contribution in [0.25, 0.3) is 6.08 Å². The lowest BCUT2D eigenvalue weighted by molar-refractivity contribution is -0.126. The molecule has 3 rings (SSSR count). The highest BCUT2D eigenvalue weighted by Crippen LogP contribution is 2.37. The predicted octanol–water partition coefficient (Wildman–Crippen LogP) is 3.40. The molecule has 0 aromatic heterocycles. The number of halogens is 2. The fraction of sp³-hybridized carbons (Fsp3) is 0.0556. The summed E-state index contributed by atoms with van der Waals surface area (Å²) in [5.41, 5.74) is 0.739. The third-order valence-electron chi connectivity index (χ3n) is 3.99. The van der Waals surface area contributed by atoms with Gasteiger partial charge < -0.3 is 10.4 Å². The Kier molecular flexibility index (Phi) is 7.23. The number of rotatable bonds is 5. The van der Waals surface area contributed by atoms with Crippen LogP contribution in [0.4, 0.5) is 5.69 Å². The van der Waals surface area contributed by atoms with E-state index in [1.807, 2.05) is 0 Å². The largest absolute Gasteiger partial charge is 0.506 e. The average Bonchev–Trinajstić information content (AvgIpc) is 2.93. The zero-order chi connectivity index (χ0) is 22.9. The van der Waals surface area contributed by atoms with Gasteiger partial charge in [0.2, 0.25) is 15.9 Å². The summed E-state index contributed by atoms with van der Waals surface area (Å²) >= 11 is 12.8. The summed E-state index contributed by atoms with van der Waals surface area (Å²) < 4.78 is 23.9. The fourth-order valence-corrected chi connectivity index (χ4v) is 5.57. The molecule has 1 aliphatic rings. The number of phenols is 1. The second kappa shape index (κ2) is 9.38. The quantitative estimate of drug-likeness (QED) is 0.351. The Morgan fingerprint density at radius 2 is 1.90 bits per heavy atom. The van der Waals surface area contributed by atoms with E-state index in [4.69, 9.17) is 17.4 Å². The maximum atomic E-state index is 12.7. The topological polar surface area (TPSA) is 130 Å². The standard InChI is InChI=1S/C18H13Br2N3O5S3/c19-10-5-9(16(25)13(20)7-10)6-14-17(26)23(18(29)30-14)8-15(24)22-11-1-3-12(4-2-11)31(21,27)28/h1-7,25H,8H2,(H,22,24)(H2,21,27,28)/b14-6-. The molecule has 8 nitrogen and oxygen atoms in total. The average molecular weight is 607 g/mol. The number of benzene rings is 2. The molecule has 2 aromatic carbocycles. The van der Waals surface area contributed by atoms with Crippen molar-refractivity contribution >= 4 is 93.8 Å². The van der Waals surface area contributed by atoms with Gasteiger partial charge in [0.25, 0.3) is 5.91 Å². The third kappa shape index (κ3) is 5.73. The molecule has 1 saturated heterocycles. The van der Waals surface area contributed by atoms with Gasteiger partial charge in [-0.15, -0.1) is 0 Å². The molecule has 0 radical (unpaired) electrons. The fourth-order valence-electron chi connectivity index (χ4n) is 2.55. The molecule has 31 heavy (non-hydrogen) atoms. The Morgan fingerprint density at radius 1 is 1.26 bits per heavy atom. The lowest BCUT2D eigenvalue weighted by Gasteiger charge is -2.14. The molecule has 0 bridgehead atoms. The number of nitrogens with one attached hydrogen (secondary N) is 1. The molecule has 162 valence electrons. The van der Waals surface area contributed by atoms with Crippen LogP contribution >= 0.6 is 55.8 Å². The van der Waals surface area contributed by atoms with Crippen molar-refractivity contribution in [1.82, 2.24) is 4.90 Å². The zero-order valence-corrected chi connectivity index (χ0v) is 21.0. The van der Waals surface area contributed by atoms with E-state index in [0.717, 1.165) is 16.7 Å². The van der Waals surface area contributed by atoms with Crippen LogP contribution < -0.4 is 10.5 Å². The van der Waals surface area contributed by atoms with E-state index in [1.54, 1.807) is 12.1 Å². The van der Waals surface area contributed by atoms with E-state index < -0.39 is 21.8 Å². The van der Waals surface area contributed by atoms with Crippen LogP contribution in [-0.4, -0.2) is 41.1 Å². The van der Waals surface area contributed by atoms with Crippen molar-refractivity contribution in [1.29, 1.82) is 0 Å². The molecule has 0 atom stereocenters. The van der Waals surface area contributed by atoms with Gasteiger partial charge in [-0.2, -0.15) is 0 Å². The Labute approximate surface area is 204 Å². The lowest BCUT2D eigenvalue weighted by Crippen LogP contribution is -2.36. The maximum Gasteiger partial charge on any atom is 0.266 e. The molecule has 2 amide bonds. The first-order valence-electron chi connectivity index (χ1n) is 8.32. The maximum absolute atomic E-state index is 12.7. The number of hydrogen-bond acceptors (Lipinski definition) is 7. The van der Waals surface area contributed by atoms with Crippen LogP contribution in [0, 0.1) is 0 Å². The Balaban J connectivity index is 1.72. The van der Waals surface area contributed by atoms with Crippen molar-refractivity contribution in [3.05, 3.63) is 55.8 Å². The van der Waals surface area contributed by atoms with Gasteiger partial charge in [-0.1, -0.05) is 39.9 Å². The monoisotopic (exact) mass is 605 g/mol. The van der Waals surface area contributed by atoms with Gasteiger partial charge in [-0.05, 0) is 58.4 Å². The van der Waals surface area contributed by atoms with E-state index in [9.17, 15) is 23.1 Å². The third-order valence-corrected chi connectivity index (χ3v) is 7.36. The minimum absolute atomic E-state index is 0.0332. The number of hydrogen-bond donors (Lipinski definition) is 3. The number of thioether (sulfide) groups is 1. The number of thiocarbonyl (C=S) groups is 1. The molecular formula is C18H13Br2N3O5S3. The first kappa shape index (κ1) is 23.9. The van der Waals surface area contributed by atoms with Gasteiger partial charge in [0.05, 0.1) is 14.3 Å². The summed E-state index contributed by atoms with van der Waals surface area (Å²) in [6.45, 7) is -0.326. The highest BCUT2D eigenvalue weighted by Gasteiger charge is 2.33. The Morgan fingerprint density at radius 3 is 2.52 bits per heavy atom.